The Morgan fingerprint density at radius 1 is 0.867 bits per heavy atom. The van der Waals surface area contributed by atoms with Crippen molar-refractivity contribution < 1.29 is 23.9 Å². The summed E-state index contributed by atoms with van der Waals surface area (Å²) in [4.78, 5) is 38.3. The lowest BCUT2D eigenvalue weighted by atomic mass is 10.1. The molecule has 0 N–H and O–H groups in total. The second-order valence-corrected chi connectivity index (χ2v) is 7.02. The highest BCUT2D eigenvalue weighted by Gasteiger charge is 2.36. The molecule has 0 unspecified atom stereocenters. The molecule has 3 aromatic rings. The minimum absolute atomic E-state index is 0.232. The Morgan fingerprint density at radius 2 is 1.50 bits per heavy atom. The molecule has 0 aromatic heterocycles. The van der Waals surface area contributed by atoms with Gasteiger partial charge < -0.3 is 9.47 Å². The fourth-order valence-electron chi connectivity index (χ4n) is 3.25. The summed E-state index contributed by atoms with van der Waals surface area (Å²) in [5, 5.41) is 0. The third-order valence-electron chi connectivity index (χ3n) is 4.81. The molecule has 0 saturated carbocycles. The van der Waals surface area contributed by atoms with Crippen LogP contribution in [-0.2, 0) is 4.79 Å². The molecule has 3 aromatic carbocycles. The van der Waals surface area contributed by atoms with Crippen molar-refractivity contribution in [2.75, 3.05) is 11.5 Å². The standard InChI is InChI=1S/C24H19NO5/c1-15-7-8-16(2)21(13-15)29-14-22(26)30-18-11-9-17(10-12-18)25-23(27)19-5-3-4-6-20(19)24(25)28/h3-13H,14H2,1-2H3. The fourth-order valence-corrected chi connectivity index (χ4v) is 3.25. The Kier molecular flexibility index (Phi) is 5.06. The topological polar surface area (TPSA) is 72.9 Å². The predicted molar refractivity (Wildman–Crippen MR) is 111 cm³/mol. The van der Waals surface area contributed by atoms with Crippen molar-refractivity contribution in [1.29, 1.82) is 0 Å². The quantitative estimate of drug-likeness (QED) is 0.366. The van der Waals surface area contributed by atoms with Crippen LogP contribution in [0.4, 0.5) is 5.69 Å². The average Bonchev–Trinajstić information content (AvgIpc) is 3.00. The van der Waals surface area contributed by atoms with Crippen LogP contribution in [0.2, 0.25) is 0 Å². The molecular weight excluding hydrogens is 382 g/mol. The van der Waals surface area contributed by atoms with Gasteiger partial charge >= 0.3 is 5.97 Å². The van der Waals surface area contributed by atoms with Crippen LogP contribution in [0, 0.1) is 13.8 Å². The summed E-state index contributed by atoms with van der Waals surface area (Å²) in [6, 6.07) is 18.6. The number of hydrogen-bond acceptors (Lipinski definition) is 5. The normalized spacial score (nSPS) is 12.7. The average molecular weight is 401 g/mol. The number of imide groups is 1. The highest BCUT2D eigenvalue weighted by molar-refractivity contribution is 6.34. The molecule has 150 valence electrons. The molecule has 0 bridgehead atoms. The molecule has 0 atom stereocenters. The van der Waals surface area contributed by atoms with Gasteiger partial charge in [-0.25, -0.2) is 9.69 Å². The summed E-state index contributed by atoms with van der Waals surface area (Å²) in [5.41, 5.74) is 3.13. The first-order valence-corrected chi connectivity index (χ1v) is 9.42. The second kappa shape index (κ2) is 7.83. The summed E-state index contributed by atoms with van der Waals surface area (Å²) in [6.45, 7) is 3.61. The molecule has 0 fully saturated rings. The van der Waals surface area contributed by atoms with Crippen molar-refractivity contribution in [3.05, 3.63) is 89.0 Å². The number of anilines is 1. The predicted octanol–water partition coefficient (Wildman–Crippen LogP) is 4.09. The van der Waals surface area contributed by atoms with Gasteiger partial charge in [-0.2, -0.15) is 0 Å². The van der Waals surface area contributed by atoms with Crippen molar-refractivity contribution >= 4 is 23.5 Å². The zero-order chi connectivity index (χ0) is 21.3. The van der Waals surface area contributed by atoms with E-state index in [0.29, 0.717) is 28.3 Å². The molecule has 4 rings (SSSR count). The Balaban J connectivity index is 1.41. The maximum Gasteiger partial charge on any atom is 0.349 e. The van der Waals surface area contributed by atoms with Crippen LogP contribution in [0.3, 0.4) is 0 Å². The molecule has 2 amide bonds. The van der Waals surface area contributed by atoms with E-state index in [9.17, 15) is 14.4 Å². The van der Waals surface area contributed by atoms with Crippen LogP contribution in [-0.4, -0.2) is 24.4 Å². The molecule has 1 aliphatic rings. The molecule has 0 aliphatic carbocycles. The highest BCUT2D eigenvalue weighted by Crippen LogP contribution is 2.29. The van der Waals surface area contributed by atoms with E-state index in [4.69, 9.17) is 9.47 Å². The van der Waals surface area contributed by atoms with Crippen molar-refractivity contribution in [2.24, 2.45) is 0 Å². The number of carbonyl (C=O) groups is 3. The van der Waals surface area contributed by atoms with Gasteiger partial charge in [-0.05, 0) is 67.4 Å². The minimum atomic E-state index is -0.551. The van der Waals surface area contributed by atoms with Crippen LogP contribution < -0.4 is 14.4 Å². The number of carbonyl (C=O) groups excluding carboxylic acids is 3. The van der Waals surface area contributed by atoms with E-state index < -0.39 is 5.97 Å². The number of rotatable bonds is 5. The van der Waals surface area contributed by atoms with E-state index in [1.165, 1.54) is 12.1 Å². The summed E-state index contributed by atoms with van der Waals surface area (Å²) in [5.74, 6) is -0.369. The van der Waals surface area contributed by atoms with Gasteiger partial charge in [-0.3, -0.25) is 9.59 Å². The number of benzene rings is 3. The Morgan fingerprint density at radius 3 is 2.13 bits per heavy atom. The van der Waals surface area contributed by atoms with Crippen LogP contribution in [0.5, 0.6) is 11.5 Å². The first kappa shape index (κ1) is 19.4. The molecule has 0 spiro atoms. The van der Waals surface area contributed by atoms with Crippen LogP contribution in [0.15, 0.2) is 66.7 Å². The SMILES string of the molecule is Cc1ccc(C)c(OCC(=O)Oc2ccc(N3C(=O)c4ccccc4C3=O)cc2)c1. The second-order valence-electron chi connectivity index (χ2n) is 7.02. The number of aryl methyl sites for hydroxylation is 2. The number of hydrogen-bond donors (Lipinski definition) is 0. The van der Waals surface area contributed by atoms with Crippen molar-refractivity contribution in [1.82, 2.24) is 0 Å². The van der Waals surface area contributed by atoms with E-state index in [2.05, 4.69) is 0 Å². The smallest absolute Gasteiger partial charge is 0.349 e. The number of esters is 1. The van der Waals surface area contributed by atoms with Gasteiger partial charge in [0, 0.05) is 0 Å². The minimum Gasteiger partial charge on any atom is -0.482 e. The third-order valence-corrected chi connectivity index (χ3v) is 4.81. The van der Waals surface area contributed by atoms with Crippen molar-refractivity contribution in [3.63, 3.8) is 0 Å². The largest absolute Gasteiger partial charge is 0.482 e. The van der Waals surface area contributed by atoms with Gasteiger partial charge in [0.05, 0.1) is 16.8 Å². The molecule has 1 aliphatic heterocycles. The van der Waals surface area contributed by atoms with Gasteiger partial charge in [0.15, 0.2) is 6.61 Å². The fraction of sp³-hybridized carbons (Fsp3) is 0.125. The summed E-state index contributed by atoms with van der Waals surface area (Å²) in [6.07, 6.45) is 0. The van der Waals surface area contributed by atoms with Crippen LogP contribution in [0.25, 0.3) is 0 Å². The molecule has 0 saturated heterocycles. The van der Waals surface area contributed by atoms with Gasteiger partial charge in [0.1, 0.15) is 11.5 Å². The van der Waals surface area contributed by atoms with E-state index >= 15 is 0 Å². The number of nitrogens with zero attached hydrogens (tertiary/aromatic N) is 1. The van der Waals surface area contributed by atoms with Gasteiger partial charge in [0.2, 0.25) is 0 Å². The zero-order valence-electron chi connectivity index (χ0n) is 16.5. The molecule has 6 nitrogen and oxygen atoms in total. The monoisotopic (exact) mass is 401 g/mol. The lowest BCUT2D eigenvalue weighted by Gasteiger charge is -2.14. The molecule has 30 heavy (non-hydrogen) atoms. The molecule has 0 radical (unpaired) electrons. The maximum atomic E-state index is 12.5. The zero-order valence-corrected chi connectivity index (χ0v) is 16.5. The van der Waals surface area contributed by atoms with Gasteiger partial charge in [-0.15, -0.1) is 0 Å². The van der Waals surface area contributed by atoms with Crippen molar-refractivity contribution in [3.8, 4) is 11.5 Å². The summed E-state index contributed by atoms with van der Waals surface area (Å²) >= 11 is 0. The highest BCUT2D eigenvalue weighted by atomic mass is 16.6. The first-order chi connectivity index (χ1) is 14.4. The van der Waals surface area contributed by atoms with Gasteiger partial charge in [-0.1, -0.05) is 24.3 Å². The van der Waals surface area contributed by atoms with Crippen LogP contribution in [0.1, 0.15) is 31.8 Å². The first-order valence-electron chi connectivity index (χ1n) is 9.42. The van der Waals surface area contributed by atoms with E-state index in [1.54, 1.807) is 36.4 Å². The maximum absolute atomic E-state index is 12.5. The summed E-state index contributed by atoms with van der Waals surface area (Å²) < 4.78 is 10.8. The lowest BCUT2D eigenvalue weighted by molar-refractivity contribution is -0.136. The van der Waals surface area contributed by atoms with E-state index in [0.717, 1.165) is 16.0 Å². The summed E-state index contributed by atoms with van der Waals surface area (Å²) in [7, 11) is 0. The van der Waals surface area contributed by atoms with Gasteiger partial charge in [0.25, 0.3) is 11.8 Å². The Labute approximate surface area is 173 Å². The third kappa shape index (κ3) is 3.67. The number of amides is 2. The van der Waals surface area contributed by atoms with E-state index in [-0.39, 0.29) is 18.4 Å². The molecular formula is C24H19NO5. The Hall–Kier alpha value is -3.93. The molecule has 6 heteroatoms. The Bertz CT molecular complexity index is 1120. The molecule has 1 heterocycles. The van der Waals surface area contributed by atoms with Crippen molar-refractivity contribution in [2.45, 2.75) is 13.8 Å². The lowest BCUT2D eigenvalue weighted by Crippen LogP contribution is -2.29. The van der Waals surface area contributed by atoms with Crippen LogP contribution >= 0.6 is 0 Å². The number of fused-ring (bicyclic) bond motifs is 1. The van der Waals surface area contributed by atoms with E-state index in [1.807, 2.05) is 32.0 Å². The number of ether oxygens (including phenoxy) is 2.